The second kappa shape index (κ2) is 10.9. The number of hydrogen-bond acceptors (Lipinski definition) is 8. The van der Waals surface area contributed by atoms with Gasteiger partial charge in [-0.05, 0) is 63.4 Å². The van der Waals surface area contributed by atoms with Crippen molar-refractivity contribution < 1.29 is 17.9 Å². The molecule has 2 aliphatic rings. The zero-order valence-electron chi connectivity index (χ0n) is 22.1. The molecule has 38 heavy (non-hydrogen) atoms. The second-order valence-corrected chi connectivity index (χ2v) is 13.0. The molecule has 5 rings (SSSR count). The summed E-state index contributed by atoms with van der Waals surface area (Å²) in [5, 5.41) is 3.51. The summed E-state index contributed by atoms with van der Waals surface area (Å²) in [6.45, 7) is 5.73. The van der Waals surface area contributed by atoms with Crippen LogP contribution in [0.2, 0.25) is 0 Å². The highest BCUT2D eigenvalue weighted by atomic mass is 32.2. The number of anilines is 1. The average molecular weight is 538 g/mol. The molecule has 1 aliphatic carbocycles. The maximum absolute atomic E-state index is 12.8. The lowest BCUT2D eigenvalue weighted by Gasteiger charge is -2.36. The van der Waals surface area contributed by atoms with Crippen molar-refractivity contribution in [3.05, 3.63) is 48.3 Å². The normalized spacial score (nSPS) is 24.3. The van der Waals surface area contributed by atoms with Crippen LogP contribution in [-0.2, 0) is 25.8 Å². The van der Waals surface area contributed by atoms with Crippen LogP contribution < -0.4 is 10.2 Å². The summed E-state index contributed by atoms with van der Waals surface area (Å²) >= 11 is 0. The Kier molecular flexibility index (Phi) is 7.63. The summed E-state index contributed by atoms with van der Waals surface area (Å²) < 4.78 is 29.8. The Morgan fingerprint density at radius 3 is 2.61 bits per heavy atom. The van der Waals surface area contributed by atoms with Crippen LogP contribution in [0.25, 0.3) is 22.3 Å². The Morgan fingerprint density at radius 1 is 1.08 bits per heavy atom. The van der Waals surface area contributed by atoms with Gasteiger partial charge in [0.15, 0.2) is 0 Å². The SMILES string of the molecule is C[C@@H]1CN(c2cccc(-c3ccc4cnc(CC(=O)N[C@H]5CCCC(S(C)(=O)=O)C5)cc4n3)n2)C[C@H](C)O1. The second-order valence-electron chi connectivity index (χ2n) is 10.7. The van der Waals surface area contributed by atoms with Gasteiger partial charge in [-0.2, -0.15) is 0 Å². The number of carbonyl (C=O) groups is 1. The van der Waals surface area contributed by atoms with E-state index in [-0.39, 0.29) is 35.8 Å². The number of morpholine rings is 1. The van der Waals surface area contributed by atoms with E-state index < -0.39 is 9.84 Å². The summed E-state index contributed by atoms with van der Waals surface area (Å²) in [6.07, 6.45) is 6.12. The molecule has 0 spiro atoms. The maximum Gasteiger partial charge on any atom is 0.226 e. The summed E-state index contributed by atoms with van der Waals surface area (Å²) in [4.78, 5) is 29.2. The van der Waals surface area contributed by atoms with Gasteiger partial charge in [-0.25, -0.2) is 18.4 Å². The Balaban J connectivity index is 1.30. The summed E-state index contributed by atoms with van der Waals surface area (Å²) in [5.74, 6) is 0.745. The molecule has 3 aromatic rings. The molecule has 1 saturated carbocycles. The number of rotatable bonds is 6. The van der Waals surface area contributed by atoms with Gasteiger partial charge in [0.05, 0.1) is 46.5 Å². The van der Waals surface area contributed by atoms with Crippen LogP contribution in [-0.4, -0.2) is 72.1 Å². The van der Waals surface area contributed by atoms with Gasteiger partial charge >= 0.3 is 0 Å². The Hall–Kier alpha value is -3.11. The zero-order chi connectivity index (χ0) is 26.9. The smallest absolute Gasteiger partial charge is 0.226 e. The van der Waals surface area contributed by atoms with Crippen molar-refractivity contribution in [3.63, 3.8) is 0 Å². The predicted octanol–water partition coefficient (Wildman–Crippen LogP) is 3.32. The number of nitrogens with zero attached hydrogens (tertiary/aromatic N) is 4. The molecule has 9 nitrogen and oxygen atoms in total. The number of fused-ring (bicyclic) bond motifs is 1. The molecule has 1 N–H and O–H groups in total. The van der Waals surface area contributed by atoms with E-state index in [1.807, 2.05) is 36.4 Å². The van der Waals surface area contributed by atoms with Crippen LogP contribution in [0.4, 0.5) is 5.82 Å². The van der Waals surface area contributed by atoms with Crippen molar-refractivity contribution in [2.75, 3.05) is 24.2 Å². The van der Waals surface area contributed by atoms with Crippen molar-refractivity contribution in [2.24, 2.45) is 0 Å². The largest absolute Gasteiger partial charge is 0.372 e. The fraction of sp³-hybridized carbons (Fsp3) is 0.500. The molecule has 3 aromatic heterocycles. The van der Waals surface area contributed by atoms with Crippen LogP contribution in [0, 0.1) is 0 Å². The number of ether oxygens (including phenoxy) is 1. The first-order valence-electron chi connectivity index (χ1n) is 13.3. The van der Waals surface area contributed by atoms with Crippen LogP contribution in [0.15, 0.2) is 42.6 Å². The predicted molar refractivity (Wildman–Crippen MR) is 148 cm³/mol. The quantitative estimate of drug-likeness (QED) is 0.509. The molecule has 4 atom stereocenters. The van der Waals surface area contributed by atoms with Gasteiger partial charge in [-0.1, -0.05) is 12.5 Å². The number of amides is 1. The third kappa shape index (κ3) is 6.30. The Bertz CT molecular complexity index is 1420. The fourth-order valence-corrected chi connectivity index (χ4v) is 6.69. The van der Waals surface area contributed by atoms with Crippen molar-refractivity contribution >= 4 is 32.5 Å². The Morgan fingerprint density at radius 2 is 1.84 bits per heavy atom. The van der Waals surface area contributed by atoms with Crippen LogP contribution >= 0.6 is 0 Å². The van der Waals surface area contributed by atoms with E-state index in [2.05, 4.69) is 29.0 Å². The van der Waals surface area contributed by atoms with Crippen LogP contribution in [0.5, 0.6) is 0 Å². The molecular formula is C28H35N5O4S. The van der Waals surface area contributed by atoms with Gasteiger partial charge < -0.3 is 15.0 Å². The van der Waals surface area contributed by atoms with Crippen LogP contribution in [0.1, 0.15) is 45.2 Å². The topological polar surface area (TPSA) is 114 Å². The molecule has 1 amide bonds. The monoisotopic (exact) mass is 537 g/mol. The number of hydrogen-bond donors (Lipinski definition) is 1. The van der Waals surface area contributed by atoms with Gasteiger partial charge in [0, 0.05) is 37.0 Å². The molecule has 202 valence electrons. The molecular weight excluding hydrogens is 502 g/mol. The minimum atomic E-state index is -3.10. The highest BCUT2D eigenvalue weighted by Crippen LogP contribution is 2.25. The molecule has 2 fully saturated rings. The van der Waals surface area contributed by atoms with Crippen molar-refractivity contribution in [2.45, 2.75) is 69.5 Å². The Labute approximate surface area is 224 Å². The van der Waals surface area contributed by atoms with E-state index in [1.54, 1.807) is 6.20 Å². The van der Waals surface area contributed by atoms with Gasteiger partial charge in [-0.15, -0.1) is 0 Å². The van der Waals surface area contributed by atoms with E-state index in [9.17, 15) is 13.2 Å². The molecule has 0 aromatic carbocycles. The molecule has 4 heterocycles. The molecule has 1 aliphatic heterocycles. The standard InChI is InChI=1S/C28H35N5O4S/c1-18-16-33(17-19(2)37-18)27-9-5-8-24(32-27)25-11-10-20-15-29-22(13-26(20)31-25)14-28(34)30-21-6-4-7-23(12-21)38(3,35)36/h5,8-11,13,15,18-19,21,23H,4,6-7,12,14,16-17H2,1-3H3,(H,30,34)/t18-,19+,21-,23?/m0/s1. The minimum Gasteiger partial charge on any atom is -0.372 e. The lowest BCUT2D eigenvalue weighted by Crippen LogP contribution is -2.45. The number of sulfone groups is 1. The van der Waals surface area contributed by atoms with Gasteiger partial charge in [0.2, 0.25) is 5.91 Å². The van der Waals surface area contributed by atoms with Crippen LogP contribution in [0.3, 0.4) is 0 Å². The number of nitrogens with one attached hydrogen (secondary N) is 1. The fourth-order valence-electron chi connectivity index (χ4n) is 5.51. The van der Waals surface area contributed by atoms with E-state index >= 15 is 0 Å². The van der Waals surface area contributed by atoms with E-state index in [0.717, 1.165) is 54.0 Å². The highest BCUT2D eigenvalue weighted by Gasteiger charge is 2.29. The molecule has 0 bridgehead atoms. The molecule has 0 radical (unpaired) electrons. The van der Waals surface area contributed by atoms with Crippen molar-refractivity contribution in [1.82, 2.24) is 20.3 Å². The lowest BCUT2D eigenvalue weighted by atomic mass is 9.95. The number of pyridine rings is 3. The third-order valence-electron chi connectivity index (χ3n) is 7.31. The summed E-state index contributed by atoms with van der Waals surface area (Å²) in [6, 6.07) is 11.6. The average Bonchev–Trinajstić information content (AvgIpc) is 2.87. The first-order valence-corrected chi connectivity index (χ1v) is 15.2. The maximum atomic E-state index is 12.8. The first kappa shape index (κ1) is 26.5. The minimum absolute atomic E-state index is 0.114. The van der Waals surface area contributed by atoms with Gasteiger partial charge in [-0.3, -0.25) is 9.78 Å². The van der Waals surface area contributed by atoms with Gasteiger partial charge in [0.1, 0.15) is 15.7 Å². The summed E-state index contributed by atoms with van der Waals surface area (Å²) in [5.41, 5.74) is 2.90. The highest BCUT2D eigenvalue weighted by molar-refractivity contribution is 7.91. The van der Waals surface area contributed by atoms with E-state index in [0.29, 0.717) is 18.5 Å². The molecule has 1 unspecified atom stereocenters. The summed E-state index contributed by atoms with van der Waals surface area (Å²) in [7, 11) is -3.10. The molecule has 1 saturated heterocycles. The zero-order valence-corrected chi connectivity index (χ0v) is 22.9. The lowest BCUT2D eigenvalue weighted by molar-refractivity contribution is -0.121. The van der Waals surface area contributed by atoms with E-state index in [1.165, 1.54) is 6.26 Å². The first-order chi connectivity index (χ1) is 18.1. The van der Waals surface area contributed by atoms with Gasteiger partial charge in [0.25, 0.3) is 0 Å². The van der Waals surface area contributed by atoms with Crippen molar-refractivity contribution in [3.8, 4) is 11.4 Å². The van der Waals surface area contributed by atoms with Crippen molar-refractivity contribution in [1.29, 1.82) is 0 Å². The third-order valence-corrected chi connectivity index (χ3v) is 8.95. The molecule has 10 heteroatoms. The van der Waals surface area contributed by atoms with E-state index in [4.69, 9.17) is 14.7 Å². The number of carbonyl (C=O) groups excluding carboxylic acids is 1. The number of aromatic nitrogens is 3.